The van der Waals surface area contributed by atoms with Gasteiger partial charge in [0.25, 0.3) is 0 Å². The molecule has 14 heteroatoms. The van der Waals surface area contributed by atoms with E-state index in [1.165, 1.54) is 186 Å². The lowest BCUT2D eigenvalue weighted by molar-refractivity contribution is -0.359. The number of amides is 1. The van der Waals surface area contributed by atoms with Crippen molar-refractivity contribution in [3.05, 3.63) is 36.5 Å². The zero-order valence-corrected chi connectivity index (χ0v) is 50.1. The lowest BCUT2D eigenvalue weighted by atomic mass is 9.97. The van der Waals surface area contributed by atoms with Gasteiger partial charge in [-0.15, -0.1) is 0 Å². The van der Waals surface area contributed by atoms with Crippen molar-refractivity contribution in [1.82, 2.24) is 5.32 Å². The molecule has 2 saturated heterocycles. The van der Waals surface area contributed by atoms with Gasteiger partial charge >= 0.3 is 0 Å². The van der Waals surface area contributed by atoms with E-state index in [0.29, 0.717) is 12.8 Å². The molecular formula is C65H121NO13. The number of aliphatic hydroxyl groups is 8. The highest BCUT2D eigenvalue weighted by Gasteiger charge is 2.51. The van der Waals surface area contributed by atoms with Gasteiger partial charge in [0.05, 0.1) is 32.0 Å². The highest BCUT2D eigenvalue weighted by atomic mass is 16.7. The van der Waals surface area contributed by atoms with Gasteiger partial charge in [0.15, 0.2) is 12.6 Å². The first kappa shape index (κ1) is 73.3. The summed E-state index contributed by atoms with van der Waals surface area (Å²) >= 11 is 0. The highest BCUT2D eigenvalue weighted by molar-refractivity contribution is 5.76. The third-order valence-electron chi connectivity index (χ3n) is 16.1. The van der Waals surface area contributed by atoms with Crippen LogP contribution in [0.1, 0.15) is 277 Å². The molecule has 0 saturated carbocycles. The molecule has 2 aliphatic heterocycles. The number of aliphatic hydroxyl groups excluding tert-OH is 8. The van der Waals surface area contributed by atoms with Gasteiger partial charge in [-0.1, -0.05) is 256 Å². The average Bonchev–Trinajstić information content (AvgIpc) is 3.49. The number of nitrogens with one attached hydrogen (secondary N) is 1. The largest absolute Gasteiger partial charge is 0.394 e. The van der Waals surface area contributed by atoms with Crippen LogP contribution >= 0.6 is 0 Å². The summed E-state index contributed by atoms with van der Waals surface area (Å²) in [6.07, 6.45) is 46.0. The molecular weight excluding hydrogens is 1000 g/mol. The number of carbonyl (C=O) groups is 1. The van der Waals surface area contributed by atoms with Gasteiger partial charge in [-0.3, -0.25) is 4.79 Å². The summed E-state index contributed by atoms with van der Waals surface area (Å²) in [7, 11) is 0. The first-order chi connectivity index (χ1) is 38.6. The van der Waals surface area contributed by atoms with E-state index in [2.05, 4.69) is 55.6 Å². The minimum atomic E-state index is -1.78. The van der Waals surface area contributed by atoms with E-state index in [0.717, 1.165) is 64.2 Å². The number of hydrogen-bond donors (Lipinski definition) is 9. The molecule has 1 amide bonds. The fourth-order valence-electron chi connectivity index (χ4n) is 10.8. The topological polar surface area (TPSA) is 228 Å². The second kappa shape index (κ2) is 50.7. The Morgan fingerprint density at radius 1 is 0.456 bits per heavy atom. The quantitative estimate of drug-likeness (QED) is 0.0204. The minimum Gasteiger partial charge on any atom is -0.394 e. The lowest BCUT2D eigenvalue weighted by Crippen LogP contribution is -2.65. The number of carbonyl (C=O) groups excluding carboxylic acids is 1. The summed E-state index contributed by atoms with van der Waals surface area (Å²) in [5.41, 5.74) is 0. The van der Waals surface area contributed by atoms with Crippen molar-refractivity contribution in [3.63, 3.8) is 0 Å². The number of hydrogen-bond acceptors (Lipinski definition) is 13. The minimum absolute atomic E-state index is 0.204. The summed E-state index contributed by atoms with van der Waals surface area (Å²) in [6.45, 7) is 2.86. The Kier molecular flexibility index (Phi) is 47.0. The molecule has 0 aliphatic carbocycles. The van der Waals surface area contributed by atoms with Crippen LogP contribution in [0, 0.1) is 0 Å². The molecule has 12 unspecified atom stereocenters. The molecule has 0 aromatic heterocycles. The normalized spacial score (nSPS) is 24.6. The Labute approximate surface area is 481 Å². The van der Waals surface area contributed by atoms with Gasteiger partial charge in [0.2, 0.25) is 5.91 Å². The van der Waals surface area contributed by atoms with E-state index in [9.17, 15) is 45.6 Å². The fraction of sp³-hybridized carbons (Fsp3) is 0.892. The van der Waals surface area contributed by atoms with Crippen molar-refractivity contribution in [2.45, 2.75) is 351 Å². The van der Waals surface area contributed by atoms with E-state index < -0.39 is 86.8 Å². The Bertz CT molecular complexity index is 1460. The Morgan fingerprint density at radius 2 is 0.835 bits per heavy atom. The van der Waals surface area contributed by atoms with E-state index in [1.807, 2.05) is 0 Å². The molecule has 0 bridgehead atoms. The molecule has 464 valence electrons. The SMILES string of the molecule is CCCCCCC/C=C\C/C=C\C/C=C\CCCCCCCCCCCCCCCCCCCCC(=O)NC(COC1OC(CO)C(OC2OC(CO)C(O)C(O)C2O)C(O)C1O)C(O)CCCCCCCCCCCCCC. The zero-order valence-electron chi connectivity index (χ0n) is 50.1. The maximum Gasteiger partial charge on any atom is 0.220 e. The molecule has 14 nitrogen and oxygen atoms in total. The van der Waals surface area contributed by atoms with Crippen molar-refractivity contribution in [2.75, 3.05) is 19.8 Å². The van der Waals surface area contributed by atoms with Gasteiger partial charge in [-0.05, 0) is 51.4 Å². The summed E-state index contributed by atoms with van der Waals surface area (Å²) in [5.74, 6) is -0.204. The van der Waals surface area contributed by atoms with E-state index in [4.69, 9.17) is 18.9 Å². The summed E-state index contributed by atoms with van der Waals surface area (Å²) in [4.78, 5) is 13.3. The second-order valence-corrected chi connectivity index (χ2v) is 23.2. The third-order valence-corrected chi connectivity index (χ3v) is 16.1. The molecule has 2 rings (SSSR count). The molecule has 2 aliphatic rings. The number of allylic oxidation sites excluding steroid dienone is 6. The maximum absolute atomic E-state index is 13.3. The predicted octanol–water partition coefficient (Wildman–Crippen LogP) is 12.2. The maximum atomic E-state index is 13.3. The standard InChI is InChI=1S/C65H121NO13/c1-3-5-7-9-11-13-15-17-18-19-20-21-22-23-24-25-26-27-28-29-30-31-32-33-34-35-36-37-39-41-43-45-47-49-57(70)66-53(54(69)48-46-44-42-40-38-16-14-12-10-8-6-4-2)52-76-64-62(75)60(73)63(56(51-68)78-64)79-65-61(74)59(72)58(71)55(50-67)77-65/h15,17,19-20,22-23,53-56,58-65,67-69,71-75H,3-14,16,18,21,24-52H2,1-2H3,(H,66,70)/b17-15-,20-19-,23-22-. The molecule has 0 radical (unpaired) electrons. The van der Waals surface area contributed by atoms with Crippen LogP contribution in [0.4, 0.5) is 0 Å². The smallest absolute Gasteiger partial charge is 0.220 e. The summed E-state index contributed by atoms with van der Waals surface area (Å²) < 4.78 is 22.8. The third kappa shape index (κ3) is 35.8. The van der Waals surface area contributed by atoms with E-state index >= 15 is 0 Å². The fourth-order valence-corrected chi connectivity index (χ4v) is 10.8. The monoisotopic (exact) mass is 1120 g/mol. The van der Waals surface area contributed by atoms with E-state index in [-0.39, 0.29) is 12.5 Å². The Morgan fingerprint density at radius 3 is 1.28 bits per heavy atom. The van der Waals surface area contributed by atoms with Crippen LogP contribution in [0.25, 0.3) is 0 Å². The van der Waals surface area contributed by atoms with Crippen LogP contribution in [0.5, 0.6) is 0 Å². The van der Waals surface area contributed by atoms with Crippen molar-refractivity contribution < 1.29 is 64.6 Å². The molecule has 9 N–H and O–H groups in total. The average molecular weight is 1120 g/mol. The van der Waals surface area contributed by atoms with E-state index in [1.54, 1.807) is 0 Å². The second-order valence-electron chi connectivity index (χ2n) is 23.2. The van der Waals surface area contributed by atoms with Gasteiger partial charge in [-0.25, -0.2) is 0 Å². The van der Waals surface area contributed by atoms with Crippen molar-refractivity contribution >= 4 is 5.91 Å². The van der Waals surface area contributed by atoms with Crippen LogP contribution in [0.15, 0.2) is 36.5 Å². The summed E-state index contributed by atoms with van der Waals surface area (Å²) in [6, 6.07) is -0.826. The number of ether oxygens (including phenoxy) is 4. The zero-order chi connectivity index (χ0) is 57.4. The van der Waals surface area contributed by atoms with Gasteiger partial charge in [0.1, 0.15) is 48.8 Å². The lowest BCUT2D eigenvalue weighted by Gasteiger charge is -2.46. The van der Waals surface area contributed by atoms with Crippen molar-refractivity contribution in [3.8, 4) is 0 Å². The molecule has 79 heavy (non-hydrogen) atoms. The van der Waals surface area contributed by atoms with Crippen LogP contribution < -0.4 is 5.32 Å². The van der Waals surface area contributed by atoms with Gasteiger partial charge in [0, 0.05) is 6.42 Å². The molecule has 2 fully saturated rings. The van der Waals surface area contributed by atoms with Crippen LogP contribution in [-0.2, 0) is 23.7 Å². The van der Waals surface area contributed by atoms with Gasteiger partial charge < -0.3 is 65.1 Å². The van der Waals surface area contributed by atoms with Crippen LogP contribution in [0.3, 0.4) is 0 Å². The molecule has 0 spiro atoms. The summed E-state index contributed by atoms with van der Waals surface area (Å²) in [5, 5.41) is 87.2. The van der Waals surface area contributed by atoms with Crippen molar-refractivity contribution in [1.29, 1.82) is 0 Å². The number of unbranched alkanes of at least 4 members (excludes halogenated alkanes) is 34. The molecule has 12 atom stereocenters. The van der Waals surface area contributed by atoms with Crippen LogP contribution in [-0.4, -0.2) is 140 Å². The Balaban J connectivity index is 1.61. The molecule has 2 heterocycles. The van der Waals surface area contributed by atoms with Gasteiger partial charge in [-0.2, -0.15) is 0 Å². The van der Waals surface area contributed by atoms with Crippen molar-refractivity contribution in [2.24, 2.45) is 0 Å². The van der Waals surface area contributed by atoms with Crippen LogP contribution in [0.2, 0.25) is 0 Å². The molecule has 0 aromatic rings. The number of rotatable bonds is 53. The Hall–Kier alpha value is -1.79. The predicted molar refractivity (Wildman–Crippen MR) is 318 cm³/mol. The highest BCUT2D eigenvalue weighted by Crippen LogP contribution is 2.30. The first-order valence-corrected chi connectivity index (χ1v) is 32.7. The molecule has 0 aromatic carbocycles. The first-order valence-electron chi connectivity index (χ1n) is 32.7.